The Morgan fingerprint density at radius 2 is 1.85 bits per heavy atom. The Morgan fingerprint density at radius 1 is 1.20 bits per heavy atom. The third-order valence-electron chi connectivity index (χ3n) is 4.64. The molecule has 0 aliphatic carbocycles. The van der Waals surface area contributed by atoms with E-state index in [-0.39, 0.29) is 22.2 Å². The summed E-state index contributed by atoms with van der Waals surface area (Å²) in [5.74, 6) is -0.0948. The van der Waals surface area contributed by atoms with Crippen molar-refractivity contribution in [1.29, 1.82) is 0 Å². The molecular formula is C15H19NO3S. The van der Waals surface area contributed by atoms with Crippen molar-refractivity contribution in [2.45, 2.75) is 49.5 Å². The molecule has 2 saturated heterocycles. The normalized spacial score (nSPS) is 31.8. The Balaban J connectivity index is 1.82. The van der Waals surface area contributed by atoms with Crippen molar-refractivity contribution in [3.63, 3.8) is 0 Å². The van der Waals surface area contributed by atoms with E-state index in [0.717, 1.165) is 25.0 Å². The fourth-order valence-corrected chi connectivity index (χ4v) is 6.01. The van der Waals surface area contributed by atoms with Gasteiger partial charge in [-0.1, -0.05) is 6.42 Å². The molecule has 3 heterocycles. The SMILES string of the molecule is Cc1ccc(C(=O)C2CC3CCCC(C2)S3(=O)=O)cn1. The maximum Gasteiger partial charge on any atom is 0.167 e. The molecule has 1 aromatic rings. The highest BCUT2D eigenvalue weighted by Crippen LogP contribution is 2.40. The molecule has 2 fully saturated rings. The number of carbonyl (C=O) groups is 1. The number of ketones is 1. The summed E-state index contributed by atoms with van der Waals surface area (Å²) in [5, 5.41) is -0.607. The Bertz CT molecular complexity index is 601. The van der Waals surface area contributed by atoms with Crippen LogP contribution in [0.15, 0.2) is 18.3 Å². The van der Waals surface area contributed by atoms with Crippen molar-refractivity contribution in [3.8, 4) is 0 Å². The lowest BCUT2D eigenvalue weighted by atomic mass is 9.85. The van der Waals surface area contributed by atoms with Gasteiger partial charge >= 0.3 is 0 Å². The highest BCUT2D eigenvalue weighted by molar-refractivity contribution is 7.92. The molecule has 4 nitrogen and oxygen atoms in total. The van der Waals surface area contributed by atoms with Crippen LogP contribution in [-0.2, 0) is 9.84 Å². The van der Waals surface area contributed by atoms with Crippen LogP contribution in [0.4, 0.5) is 0 Å². The van der Waals surface area contributed by atoms with Crippen LogP contribution in [0.1, 0.15) is 48.2 Å². The molecule has 3 rings (SSSR count). The Labute approximate surface area is 119 Å². The van der Waals surface area contributed by atoms with Crippen LogP contribution in [0.25, 0.3) is 0 Å². The quantitative estimate of drug-likeness (QED) is 0.785. The van der Waals surface area contributed by atoms with Gasteiger partial charge in [-0.3, -0.25) is 9.78 Å². The van der Waals surface area contributed by atoms with Crippen molar-refractivity contribution in [2.24, 2.45) is 5.92 Å². The number of hydrogen-bond acceptors (Lipinski definition) is 4. The predicted octanol–water partition coefficient (Wildman–Crippen LogP) is 2.32. The molecule has 0 radical (unpaired) electrons. The zero-order valence-corrected chi connectivity index (χ0v) is 12.4. The van der Waals surface area contributed by atoms with Gasteiger partial charge in [0.05, 0.1) is 10.5 Å². The minimum Gasteiger partial charge on any atom is -0.294 e. The number of aromatic nitrogens is 1. The lowest BCUT2D eigenvalue weighted by Gasteiger charge is -2.38. The molecule has 0 amide bonds. The summed E-state index contributed by atoms with van der Waals surface area (Å²) in [6.07, 6.45) is 5.00. The van der Waals surface area contributed by atoms with E-state index < -0.39 is 9.84 Å². The van der Waals surface area contributed by atoms with Crippen LogP contribution in [0, 0.1) is 12.8 Å². The van der Waals surface area contributed by atoms with Gasteiger partial charge in [-0.2, -0.15) is 0 Å². The van der Waals surface area contributed by atoms with E-state index in [1.807, 2.05) is 13.0 Å². The molecule has 108 valence electrons. The highest BCUT2D eigenvalue weighted by Gasteiger charge is 2.46. The zero-order chi connectivity index (χ0) is 14.3. The lowest BCUT2D eigenvalue weighted by molar-refractivity contribution is 0.0893. The van der Waals surface area contributed by atoms with E-state index >= 15 is 0 Å². The van der Waals surface area contributed by atoms with E-state index in [4.69, 9.17) is 0 Å². The Hall–Kier alpha value is -1.23. The van der Waals surface area contributed by atoms with Crippen molar-refractivity contribution < 1.29 is 13.2 Å². The van der Waals surface area contributed by atoms with Gasteiger partial charge in [-0.25, -0.2) is 8.42 Å². The average Bonchev–Trinajstić information content (AvgIpc) is 2.37. The standard InChI is InChI=1S/C15H19NO3S/c1-10-5-6-11(9-16-10)15(17)12-7-13-3-2-4-14(8-12)20(13,18)19/h5-6,9,12-14H,2-4,7-8H2,1H3. The fourth-order valence-electron chi connectivity index (χ4n) is 3.47. The molecule has 2 atom stereocenters. The van der Waals surface area contributed by atoms with Crippen LogP contribution < -0.4 is 0 Å². The number of Topliss-reactive ketones (excluding diaryl/α,β-unsaturated/α-hetero) is 1. The van der Waals surface area contributed by atoms with Crippen LogP contribution in [0.3, 0.4) is 0 Å². The van der Waals surface area contributed by atoms with Crippen molar-refractivity contribution in [3.05, 3.63) is 29.6 Å². The van der Waals surface area contributed by atoms with E-state index in [1.165, 1.54) is 0 Å². The molecule has 5 heteroatoms. The third kappa shape index (κ3) is 2.28. The minimum atomic E-state index is -2.99. The number of sulfone groups is 1. The van der Waals surface area contributed by atoms with Crippen LogP contribution >= 0.6 is 0 Å². The average molecular weight is 293 g/mol. The monoisotopic (exact) mass is 293 g/mol. The summed E-state index contributed by atoms with van der Waals surface area (Å²) in [7, 11) is -2.99. The summed E-state index contributed by atoms with van der Waals surface area (Å²) >= 11 is 0. The summed E-state index contributed by atoms with van der Waals surface area (Å²) < 4.78 is 24.4. The minimum absolute atomic E-state index is 0.0595. The molecular weight excluding hydrogens is 274 g/mol. The summed E-state index contributed by atoms with van der Waals surface area (Å²) in [6, 6.07) is 3.62. The van der Waals surface area contributed by atoms with Gasteiger partial charge in [0, 0.05) is 23.4 Å². The van der Waals surface area contributed by atoms with Crippen LogP contribution in [0.2, 0.25) is 0 Å². The van der Waals surface area contributed by atoms with Crippen LogP contribution in [0.5, 0.6) is 0 Å². The Morgan fingerprint density at radius 3 is 2.40 bits per heavy atom. The molecule has 0 N–H and O–H groups in total. The number of pyridine rings is 1. The van der Waals surface area contributed by atoms with Crippen molar-refractivity contribution in [1.82, 2.24) is 4.98 Å². The van der Waals surface area contributed by atoms with Crippen molar-refractivity contribution in [2.75, 3.05) is 0 Å². The second kappa shape index (κ2) is 4.95. The summed E-state index contributed by atoms with van der Waals surface area (Å²) in [6.45, 7) is 1.88. The molecule has 2 bridgehead atoms. The maximum atomic E-state index is 12.5. The van der Waals surface area contributed by atoms with Crippen LogP contribution in [-0.4, -0.2) is 29.7 Å². The second-order valence-electron chi connectivity index (χ2n) is 5.98. The number of hydrogen-bond donors (Lipinski definition) is 0. The van der Waals surface area contributed by atoms with Crippen molar-refractivity contribution >= 4 is 15.6 Å². The summed E-state index contributed by atoms with van der Waals surface area (Å²) in [4.78, 5) is 16.7. The first-order valence-corrected chi connectivity index (χ1v) is 8.79. The number of carbonyl (C=O) groups excluding carboxylic acids is 1. The largest absolute Gasteiger partial charge is 0.294 e. The van der Waals surface area contributed by atoms with Gasteiger partial charge in [-0.05, 0) is 44.7 Å². The number of nitrogens with zero attached hydrogens (tertiary/aromatic N) is 1. The smallest absolute Gasteiger partial charge is 0.167 e. The molecule has 2 unspecified atom stereocenters. The van der Waals surface area contributed by atoms with E-state index in [1.54, 1.807) is 12.3 Å². The number of fused-ring (bicyclic) bond motifs is 2. The van der Waals surface area contributed by atoms with Gasteiger partial charge in [0.25, 0.3) is 0 Å². The van der Waals surface area contributed by atoms with E-state index in [2.05, 4.69) is 4.98 Å². The second-order valence-corrected chi connectivity index (χ2v) is 8.50. The van der Waals surface area contributed by atoms with Gasteiger partial charge in [-0.15, -0.1) is 0 Å². The highest BCUT2D eigenvalue weighted by atomic mass is 32.2. The van der Waals surface area contributed by atoms with Gasteiger partial charge < -0.3 is 0 Å². The first kappa shape index (κ1) is 13.7. The molecule has 0 aromatic carbocycles. The molecule has 0 spiro atoms. The van der Waals surface area contributed by atoms with Gasteiger partial charge in [0.2, 0.25) is 0 Å². The van der Waals surface area contributed by atoms with Gasteiger partial charge in [0.15, 0.2) is 15.6 Å². The lowest BCUT2D eigenvalue weighted by Crippen LogP contribution is -2.45. The van der Waals surface area contributed by atoms with E-state index in [9.17, 15) is 13.2 Å². The molecule has 2 aliphatic rings. The van der Waals surface area contributed by atoms with Gasteiger partial charge in [0.1, 0.15) is 0 Å². The Kier molecular flexibility index (Phi) is 3.40. The fraction of sp³-hybridized carbons (Fsp3) is 0.600. The molecule has 1 aromatic heterocycles. The summed E-state index contributed by atoms with van der Waals surface area (Å²) in [5.41, 5.74) is 1.49. The third-order valence-corrected chi connectivity index (χ3v) is 7.36. The topological polar surface area (TPSA) is 64.1 Å². The molecule has 0 saturated carbocycles. The number of rotatable bonds is 2. The first-order chi connectivity index (χ1) is 9.48. The molecule has 2 aliphatic heterocycles. The predicted molar refractivity (Wildman–Crippen MR) is 76.4 cm³/mol. The van der Waals surface area contributed by atoms with E-state index in [0.29, 0.717) is 18.4 Å². The zero-order valence-electron chi connectivity index (χ0n) is 11.6. The maximum absolute atomic E-state index is 12.5. The first-order valence-electron chi connectivity index (χ1n) is 7.18. The molecule has 20 heavy (non-hydrogen) atoms. The number of aryl methyl sites for hydroxylation is 1.